The first-order valence-electron chi connectivity index (χ1n) is 10.8. The van der Waals surface area contributed by atoms with Crippen molar-refractivity contribution in [1.29, 1.82) is 0 Å². The second kappa shape index (κ2) is 9.45. The van der Waals surface area contributed by atoms with E-state index in [1.165, 1.54) is 43.2 Å². The summed E-state index contributed by atoms with van der Waals surface area (Å²) in [6.45, 7) is 2.12. The first-order valence-corrected chi connectivity index (χ1v) is 10.8. The summed E-state index contributed by atoms with van der Waals surface area (Å²) in [6.07, 6.45) is 5.59. The topological polar surface area (TPSA) is 0 Å². The molecule has 2 saturated carbocycles. The lowest BCUT2D eigenvalue weighted by molar-refractivity contribution is -0.0821. The van der Waals surface area contributed by atoms with Crippen molar-refractivity contribution in [3.8, 4) is 0 Å². The van der Waals surface area contributed by atoms with E-state index in [1.807, 2.05) is 0 Å². The Labute approximate surface area is 166 Å². The molecule has 2 aliphatic carbocycles. The van der Waals surface area contributed by atoms with Crippen molar-refractivity contribution in [3.63, 3.8) is 0 Å². The highest BCUT2D eigenvalue weighted by Gasteiger charge is 2.30. The third-order valence-corrected chi connectivity index (χ3v) is 6.92. The van der Waals surface area contributed by atoms with Crippen molar-refractivity contribution < 1.29 is 17.6 Å². The van der Waals surface area contributed by atoms with Crippen LogP contribution >= 0.6 is 0 Å². The number of aryl methyl sites for hydroxylation is 1. The predicted molar refractivity (Wildman–Crippen MR) is 106 cm³/mol. The monoisotopic (exact) mass is 396 g/mol. The highest BCUT2D eigenvalue weighted by atomic mass is 19.4. The second-order valence-corrected chi connectivity index (χ2v) is 8.99. The van der Waals surface area contributed by atoms with Crippen molar-refractivity contribution in [2.45, 2.75) is 83.2 Å². The molecule has 0 bridgehead atoms. The number of rotatable bonds is 5. The third-order valence-electron chi connectivity index (χ3n) is 6.92. The van der Waals surface area contributed by atoms with Crippen molar-refractivity contribution in [1.82, 2.24) is 0 Å². The fraction of sp³-hybridized carbons (Fsp3) is 0.667. The average Bonchev–Trinajstić information content (AvgIpc) is 2.66. The van der Waals surface area contributed by atoms with Crippen LogP contribution in [0.5, 0.6) is 0 Å². The molecule has 1 aromatic carbocycles. The van der Waals surface area contributed by atoms with E-state index >= 15 is 0 Å². The minimum atomic E-state index is -4.54. The Balaban J connectivity index is 1.36. The lowest BCUT2D eigenvalue weighted by Crippen LogP contribution is -2.18. The van der Waals surface area contributed by atoms with Gasteiger partial charge in [-0.05, 0) is 81.6 Å². The maximum absolute atomic E-state index is 13.7. The van der Waals surface area contributed by atoms with Crippen LogP contribution in [-0.2, 0) is 0 Å². The number of hydrogen-bond donors (Lipinski definition) is 0. The van der Waals surface area contributed by atoms with E-state index in [-0.39, 0.29) is 6.08 Å². The maximum Gasteiger partial charge on any atom is 0.412 e. The second-order valence-electron chi connectivity index (χ2n) is 8.99. The van der Waals surface area contributed by atoms with Crippen LogP contribution in [0, 0.1) is 24.7 Å². The van der Waals surface area contributed by atoms with Gasteiger partial charge >= 0.3 is 6.18 Å². The molecule has 2 fully saturated rings. The SMILES string of the molecule is Cc1ccc(C2CCC(CCC3CCC(/C(F)=C/C(F)(F)F)CC3)CC2)cc1. The largest absolute Gasteiger partial charge is 0.412 e. The van der Waals surface area contributed by atoms with Crippen molar-refractivity contribution in [3.05, 3.63) is 47.3 Å². The van der Waals surface area contributed by atoms with Crippen molar-refractivity contribution in [2.75, 3.05) is 0 Å². The van der Waals surface area contributed by atoms with Crippen LogP contribution in [0.3, 0.4) is 0 Å². The average molecular weight is 397 g/mol. The zero-order valence-corrected chi connectivity index (χ0v) is 16.8. The van der Waals surface area contributed by atoms with Gasteiger partial charge in [-0.25, -0.2) is 4.39 Å². The molecular weight excluding hydrogens is 364 g/mol. The van der Waals surface area contributed by atoms with Crippen molar-refractivity contribution >= 4 is 0 Å². The van der Waals surface area contributed by atoms with Gasteiger partial charge in [0.15, 0.2) is 0 Å². The standard InChI is InChI=1S/C24H32F4/c1-17-2-10-20(11-3-17)21-12-6-18(7-13-21)4-5-19-8-14-22(15-9-19)23(25)16-24(26,27)28/h2-3,10-11,16,18-19,21-22H,4-9,12-15H2,1H3/b23-16-. The van der Waals surface area contributed by atoms with E-state index in [1.54, 1.807) is 0 Å². The Morgan fingerprint density at radius 3 is 1.86 bits per heavy atom. The Morgan fingerprint density at radius 1 is 0.857 bits per heavy atom. The van der Waals surface area contributed by atoms with E-state index in [0.717, 1.165) is 25.2 Å². The molecule has 1 aromatic rings. The lowest BCUT2D eigenvalue weighted by atomic mass is 9.74. The Bertz CT molecular complexity index is 628. The van der Waals surface area contributed by atoms with E-state index in [0.29, 0.717) is 24.7 Å². The van der Waals surface area contributed by atoms with Crippen LogP contribution in [0.1, 0.15) is 81.3 Å². The molecule has 0 heterocycles. The van der Waals surface area contributed by atoms with Crippen LogP contribution in [-0.4, -0.2) is 6.18 Å². The number of hydrogen-bond acceptors (Lipinski definition) is 0. The fourth-order valence-corrected chi connectivity index (χ4v) is 5.10. The van der Waals surface area contributed by atoms with Gasteiger partial charge in [0, 0.05) is 5.92 Å². The molecule has 28 heavy (non-hydrogen) atoms. The molecule has 0 atom stereocenters. The summed E-state index contributed by atoms with van der Waals surface area (Å²) in [5.74, 6) is 0.532. The number of alkyl halides is 3. The molecule has 0 nitrogen and oxygen atoms in total. The number of allylic oxidation sites excluding steroid dienone is 2. The van der Waals surface area contributed by atoms with E-state index in [4.69, 9.17) is 0 Å². The first-order chi connectivity index (χ1) is 13.3. The zero-order valence-electron chi connectivity index (χ0n) is 16.8. The van der Waals surface area contributed by atoms with Crippen LogP contribution in [0.4, 0.5) is 17.6 Å². The molecule has 0 aliphatic heterocycles. The molecule has 0 N–H and O–H groups in total. The van der Waals surface area contributed by atoms with E-state index < -0.39 is 17.9 Å². The number of halogens is 4. The molecule has 0 amide bonds. The molecule has 0 radical (unpaired) electrons. The van der Waals surface area contributed by atoms with Crippen LogP contribution in [0.25, 0.3) is 0 Å². The molecule has 4 heteroatoms. The summed E-state index contributed by atoms with van der Waals surface area (Å²) in [6, 6.07) is 8.94. The molecule has 0 spiro atoms. The molecule has 156 valence electrons. The highest BCUT2D eigenvalue weighted by Crippen LogP contribution is 2.41. The maximum atomic E-state index is 13.7. The van der Waals surface area contributed by atoms with Gasteiger partial charge in [-0.2, -0.15) is 13.2 Å². The van der Waals surface area contributed by atoms with Gasteiger partial charge in [-0.15, -0.1) is 0 Å². The van der Waals surface area contributed by atoms with Crippen LogP contribution < -0.4 is 0 Å². The van der Waals surface area contributed by atoms with Gasteiger partial charge in [0.2, 0.25) is 0 Å². The van der Waals surface area contributed by atoms with Crippen LogP contribution in [0.15, 0.2) is 36.2 Å². The normalized spacial score (nSPS) is 29.7. The third kappa shape index (κ3) is 6.35. The zero-order chi connectivity index (χ0) is 20.1. The number of benzene rings is 1. The Hall–Kier alpha value is -1.32. The van der Waals surface area contributed by atoms with Gasteiger partial charge in [0.05, 0.1) is 6.08 Å². The molecule has 0 saturated heterocycles. The predicted octanol–water partition coefficient (Wildman–Crippen LogP) is 8.27. The molecule has 0 aromatic heterocycles. The van der Waals surface area contributed by atoms with Gasteiger partial charge in [-0.1, -0.05) is 42.7 Å². The van der Waals surface area contributed by atoms with Crippen molar-refractivity contribution in [2.24, 2.45) is 17.8 Å². The smallest absolute Gasteiger partial charge is 0.212 e. The van der Waals surface area contributed by atoms with E-state index in [2.05, 4.69) is 31.2 Å². The summed E-state index contributed by atoms with van der Waals surface area (Å²) >= 11 is 0. The summed E-state index contributed by atoms with van der Waals surface area (Å²) in [7, 11) is 0. The van der Waals surface area contributed by atoms with Gasteiger partial charge in [-0.3, -0.25) is 0 Å². The fourth-order valence-electron chi connectivity index (χ4n) is 5.10. The molecule has 2 aliphatic rings. The minimum Gasteiger partial charge on any atom is -0.212 e. The molecular formula is C24H32F4. The highest BCUT2D eigenvalue weighted by molar-refractivity contribution is 5.24. The first kappa shape index (κ1) is 21.4. The summed E-state index contributed by atoms with van der Waals surface area (Å²) in [4.78, 5) is 0. The quantitative estimate of drug-likeness (QED) is 0.439. The summed E-state index contributed by atoms with van der Waals surface area (Å²) in [5.41, 5.74) is 2.78. The van der Waals surface area contributed by atoms with Gasteiger partial charge < -0.3 is 0 Å². The van der Waals surface area contributed by atoms with E-state index in [9.17, 15) is 17.6 Å². The lowest BCUT2D eigenvalue weighted by Gasteiger charge is -2.32. The Kier molecular flexibility index (Phi) is 7.22. The van der Waals surface area contributed by atoms with Gasteiger partial charge in [0.25, 0.3) is 0 Å². The van der Waals surface area contributed by atoms with Gasteiger partial charge in [0.1, 0.15) is 5.83 Å². The summed E-state index contributed by atoms with van der Waals surface area (Å²) in [5, 5.41) is 0. The molecule has 0 unspecified atom stereocenters. The summed E-state index contributed by atoms with van der Waals surface area (Å²) < 4.78 is 50.6. The molecule has 3 rings (SSSR count). The van der Waals surface area contributed by atoms with Crippen LogP contribution in [0.2, 0.25) is 0 Å². The minimum absolute atomic E-state index is 0.148. The Morgan fingerprint density at radius 2 is 1.36 bits per heavy atom.